The van der Waals surface area contributed by atoms with Crippen LogP contribution in [0.15, 0.2) is 91.3 Å². The van der Waals surface area contributed by atoms with E-state index in [4.69, 9.17) is 9.47 Å². The SMILES string of the molecule is C=CCOC(=O)c1sc(N2C(=O)C(=O)C(=C(O)c3ccc(OCc4ccccc4)c(C)c3)[C@@H]2c2cccnc2)nc1C. The number of pyridine rings is 1. The van der Waals surface area contributed by atoms with Gasteiger partial charge in [0.15, 0.2) is 5.13 Å². The topological polar surface area (TPSA) is 119 Å². The summed E-state index contributed by atoms with van der Waals surface area (Å²) >= 11 is 0.929. The summed E-state index contributed by atoms with van der Waals surface area (Å²) in [4.78, 5) is 49.5. The van der Waals surface area contributed by atoms with Crippen molar-refractivity contribution in [1.82, 2.24) is 9.97 Å². The number of aryl methyl sites for hydroxylation is 2. The van der Waals surface area contributed by atoms with E-state index >= 15 is 0 Å². The maximum atomic E-state index is 13.5. The van der Waals surface area contributed by atoms with E-state index in [-0.39, 0.29) is 27.9 Å². The molecule has 1 atom stereocenters. The van der Waals surface area contributed by atoms with E-state index in [1.807, 2.05) is 37.3 Å². The second kappa shape index (κ2) is 12.2. The molecule has 0 saturated carbocycles. The summed E-state index contributed by atoms with van der Waals surface area (Å²) in [7, 11) is 0. The molecule has 3 heterocycles. The van der Waals surface area contributed by atoms with Gasteiger partial charge in [-0.1, -0.05) is 60.4 Å². The highest BCUT2D eigenvalue weighted by molar-refractivity contribution is 7.17. The average Bonchev–Trinajstić information content (AvgIpc) is 3.52. The lowest BCUT2D eigenvalue weighted by Gasteiger charge is -2.22. The molecule has 1 saturated heterocycles. The largest absolute Gasteiger partial charge is 0.507 e. The minimum atomic E-state index is -1.03. The Bertz CT molecular complexity index is 1700. The highest BCUT2D eigenvalue weighted by Gasteiger charge is 2.48. The number of aliphatic hydroxyl groups is 1. The number of carbonyl (C=O) groups excluding carboxylic acids is 3. The summed E-state index contributed by atoms with van der Waals surface area (Å²) in [6, 6.07) is 17.1. The first-order chi connectivity index (χ1) is 20.3. The lowest BCUT2D eigenvalue weighted by atomic mass is 9.96. The number of amides is 1. The first-order valence-electron chi connectivity index (χ1n) is 13.0. The second-order valence-corrected chi connectivity index (χ2v) is 10.5. The number of esters is 1. The molecule has 2 aromatic heterocycles. The number of rotatable bonds is 9. The van der Waals surface area contributed by atoms with Gasteiger partial charge >= 0.3 is 11.9 Å². The van der Waals surface area contributed by atoms with Crippen LogP contribution in [0.4, 0.5) is 5.13 Å². The van der Waals surface area contributed by atoms with Crippen molar-refractivity contribution in [3.63, 3.8) is 0 Å². The fourth-order valence-corrected chi connectivity index (χ4v) is 5.59. The predicted octanol–water partition coefficient (Wildman–Crippen LogP) is 5.70. The molecule has 212 valence electrons. The number of hydrogen-bond acceptors (Lipinski definition) is 9. The van der Waals surface area contributed by atoms with Gasteiger partial charge in [-0.2, -0.15) is 0 Å². The van der Waals surface area contributed by atoms with E-state index in [1.54, 1.807) is 43.5 Å². The van der Waals surface area contributed by atoms with Crippen LogP contribution in [0.3, 0.4) is 0 Å². The summed E-state index contributed by atoms with van der Waals surface area (Å²) in [5, 5.41) is 11.6. The van der Waals surface area contributed by atoms with Gasteiger partial charge in [-0.3, -0.25) is 19.5 Å². The van der Waals surface area contributed by atoms with E-state index in [1.165, 1.54) is 17.2 Å². The average molecular weight is 582 g/mol. The van der Waals surface area contributed by atoms with Crippen LogP contribution < -0.4 is 9.64 Å². The molecule has 0 spiro atoms. The third kappa shape index (κ3) is 5.57. The van der Waals surface area contributed by atoms with Crippen molar-refractivity contribution in [3.8, 4) is 5.75 Å². The van der Waals surface area contributed by atoms with Crippen molar-refractivity contribution in [2.45, 2.75) is 26.5 Å². The minimum absolute atomic E-state index is 0.0151. The van der Waals surface area contributed by atoms with Gasteiger partial charge in [0.05, 0.1) is 17.3 Å². The van der Waals surface area contributed by atoms with Crippen LogP contribution in [0, 0.1) is 13.8 Å². The normalized spacial score (nSPS) is 16.0. The molecule has 42 heavy (non-hydrogen) atoms. The van der Waals surface area contributed by atoms with Crippen molar-refractivity contribution < 1.29 is 29.0 Å². The Kier molecular flexibility index (Phi) is 8.26. The van der Waals surface area contributed by atoms with Crippen molar-refractivity contribution in [1.29, 1.82) is 0 Å². The Hall–Kier alpha value is -5.09. The number of aromatic nitrogens is 2. The molecule has 2 aromatic carbocycles. The molecule has 9 nitrogen and oxygen atoms in total. The highest BCUT2D eigenvalue weighted by atomic mass is 32.1. The first-order valence-corrected chi connectivity index (χ1v) is 13.9. The van der Waals surface area contributed by atoms with Crippen LogP contribution in [-0.4, -0.2) is 39.3 Å². The Morgan fingerprint density at radius 2 is 1.90 bits per heavy atom. The molecular formula is C32H27N3O6S. The molecule has 1 aliphatic heterocycles. The standard InChI is InChI=1S/C32H27N3O6S/c1-4-15-40-31(39)29-20(3)34-32(42-29)35-26(23-11-8-14-33-17-23)25(28(37)30(35)38)27(36)22-12-13-24(19(2)16-22)41-18-21-9-6-5-7-10-21/h4-14,16-17,26,36H,1,15,18H2,2-3H3/t26-/m0/s1. The molecule has 0 unspecified atom stereocenters. The number of thiazole rings is 1. The molecule has 1 fully saturated rings. The molecule has 1 aliphatic rings. The van der Waals surface area contributed by atoms with Gasteiger partial charge in [0.2, 0.25) is 0 Å². The smallest absolute Gasteiger partial charge is 0.350 e. The van der Waals surface area contributed by atoms with Crippen molar-refractivity contribution >= 4 is 39.9 Å². The van der Waals surface area contributed by atoms with Gasteiger partial charge in [0.1, 0.15) is 29.6 Å². The number of ether oxygens (including phenoxy) is 2. The van der Waals surface area contributed by atoms with E-state index in [0.717, 1.165) is 22.5 Å². The van der Waals surface area contributed by atoms with Gasteiger partial charge in [-0.15, -0.1) is 0 Å². The molecule has 0 bridgehead atoms. The zero-order valence-electron chi connectivity index (χ0n) is 22.9. The summed E-state index contributed by atoms with van der Waals surface area (Å²) in [5.41, 5.74) is 2.80. The third-order valence-corrected chi connectivity index (χ3v) is 7.78. The maximum Gasteiger partial charge on any atom is 0.350 e. The minimum Gasteiger partial charge on any atom is -0.507 e. The number of nitrogens with zero attached hydrogens (tertiary/aromatic N) is 3. The number of ketones is 1. The maximum absolute atomic E-state index is 13.5. The molecule has 4 aromatic rings. The van der Waals surface area contributed by atoms with Crippen LogP contribution in [0.25, 0.3) is 5.76 Å². The Balaban J connectivity index is 1.53. The van der Waals surface area contributed by atoms with E-state index in [0.29, 0.717) is 29.2 Å². The van der Waals surface area contributed by atoms with Crippen molar-refractivity contribution in [2.24, 2.45) is 0 Å². The van der Waals surface area contributed by atoms with Crippen LogP contribution >= 0.6 is 11.3 Å². The Morgan fingerprint density at radius 1 is 1.12 bits per heavy atom. The molecule has 0 radical (unpaired) electrons. The number of hydrogen-bond donors (Lipinski definition) is 1. The number of benzene rings is 2. The Morgan fingerprint density at radius 3 is 2.60 bits per heavy atom. The number of anilines is 1. The van der Waals surface area contributed by atoms with Crippen LogP contribution in [0.1, 0.15) is 43.7 Å². The highest BCUT2D eigenvalue weighted by Crippen LogP contribution is 2.44. The summed E-state index contributed by atoms with van der Waals surface area (Å²) in [5.74, 6) is -2.11. The van der Waals surface area contributed by atoms with Gasteiger partial charge in [0, 0.05) is 18.0 Å². The van der Waals surface area contributed by atoms with Crippen molar-refractivity contribution in [2.75, 3.05) is 11.5 Å². The van der Waals surface area contributed by atoms with Crippen LogP contribution in [-0.2, 0) is 20.9 Å². The fourth-order valence-electron chi connectivity index (χ4n) is 4.61. The van der Waals surface area contributed by atoms with Crippen LogP contribution in [0.2, 0.25) is 0 Å². The fraction of sp³-hybridized carbons (Fsp3) is 0.156. The van der Waals surface area contributed by atoms with Crippen molar-refractivity contribution in [3.05, 3.63) is 124 Å². The lowest BCUT2D eigenvalue weighted by molar-refractivity contribution is -0.132. The summed E-state index contributed by atoms with van der Waals surface area (Å²) in [6.45, 7) is 7.37. The zero-order chi connectivity index (χ0) is 29.8. The molecule has 1 amide bonds. The van der Waals surface area contributed by atoms with Gasteiger partial charge in [0.25, 0.3) is 5.78 Å². The van der Waals surface area contributed by atoms with E-state index < -0.39 is 23.7 Å². The third-order valence-electron chi connectivity index (χ3n) is 6.64. The molecule has 5 rings (SSSR count). The van der Waals surface area contributed by atoms with Gasteiger partial charge in [-0.05, 0) is 54.8 Å². The lowest BCUT2D eigenvalue weighted by Crippen LogP contribution is -2.29. The summed E-state index contributed by atoms with van der Waals surface area (Å²) in [6.07, 6.45) is 4.52. The molecule has 1 N–H and O–H groups in total. The van der Waals surface area contributed by atoms with Gasteiger partial charge in [-0.25, -0.2) is 9.78 Å². The van der Waals surface area contributed by atoms with Crippen LogP contribution in [0.5, 0.6) is 5.75 Å². The predicted molar refractivity (Wildman–Crippen MR) is 158 cm³/mol. The molecular weight excluding hydrogens is 554 g/mol. The first kappa shape index (κ1) is 28.4. The summed E-state index contributed by atoms with van der Waals surface area (Å²) < 4.78 is 11.1. The van der Waals surface area contributed by atoms with Gasteiger partial charge < -0.3 is 14.6 Å². The number of aliphatic hydroxyl groups excluding tert-OH is 1. The molecule has 10 heteroatoms. The monoisotopic (exact) mass is 581 g/mol. The van der Waals surface area contributed by atoms with E-state index in [9.17, 15) is 19.5 Å². The molecule has 0 aliphatic carbocycles. The second-order valence-electron chi connectivity index (χ2n) is 9.51. The number of carbonyl (C=O) groups is 3. The Labute approximate surface area is 246 Å². The quantitative estimate of drug-likeness (QED) is 0.0879. The zero-order valence-corrected chi connectivity index (χ0v) is 23.8. The van der Waals surface area contributed by atoms with E-state index in [2.05, 4.69) is 16.5 Å². The number of Topliss-reactive ketones (excluding diaryl/α,β-unsaturated/α-hetero) is 1.